The second-order valence-electron chi connectivity index (χ2n) is 5.19. The number of rotatable bonds is 8. The lowest BCUT2D eigenvalue weighted by atomic mass is 10.1. The zero-order valence-corrected chi connectivity index (χ0v) is 13.3. The molecule has 0 radical (unpaired) electrons. The van der Waals surface area contributed by atoms with E-state index in [1.54, 1.807) is 14.2 Å². The van der Waals surface area contributed by atoms with Gasteiger partial charge in [-0.2, -0.15) is 0 Å². The highest BCUT2D eigenvalue weighted by atomic mass is 16.5. The van der Waals surface area contributed by atoms with Gasteiger partial charge in [-0.25, -0.2) is 0 Å². The van der Waals surface area contributed by atoms with Gasteiger partial charge in [-0.1, -0.05) is 27.2 Å². The number of aromatic hydroxyl groups is 1. The molecule has 1 aromatic rings. The minimum Gasteiger partial charge on any atom is -0.502 e. The molecule has 0 aliphatic heterocycles. The van der Waals surface area contributed by atoms with Crippen molar-refractivity contribution >= 4 is 0 Å². The number of methoxy groups -OCH3 is 2. The molecule has 4 nitrogen and oxygen atoms in total. The molecule has 0 spiro atoms. The lowest BCUT2D eigenvalue weighted by Crippen LogP contribution is -2.27. The smallest absolute Gasteiger partial charge is 0.200 e. The van der Waals surface area contributed by atoms with Gasteiger partial charge in [-0.3, -0.25) is 4.90 Å². The molecule has 0 aromatic heterocycles. The third kappa shape index (κ3) is 4.30. The van der Waals surface area contributed by atoms with Crippen LogP contribution in [0, 0.1) is 5.92 Å². The van der Waals surface area contributed by atoms with Gasteiger partial charge in [0, 0.05) is 13.1 Å². The van der Waals surface area contributed by atoms with Crippen LogP contribution in [0.4, 0.5) is 0 Å². The molecule has 0 amide bonds. The van der Waals surface area contributed by atoms with E-state index in [2.05, 4.69) is 25.7 Å². The molecule has 114 valence electrons. The predicted octanol–water partition coefficient (Wildman–Crippen LogP) is 3.28. The summed E-state index contributed by atoms with van der Waals surface area (Å²) in [7, 11) is 3.10. The fraction of sp³-hybridized carbons (Fsp3) is 0.625. The summed E-state index contributed by atoms with van der Waals surface area (Å²) < 4.78 is 10.4. The zero-order valence-electron chi connectivity index (χ0n) is 13.3. The summed E-state index contributed by atoms with van der Waals surface area (Å²) in [6.45, 7) is 9.53. The van der Waals surface area contributed by atoms with Crippen LogP contribution in [0.25, 0.3) is 0 Å². The van der Waals surface area contributed by atoms with E-state index in [1.807, 2.05) is 12.1 Å². The summed E-state index contributed by atoms with van der Waals surface area (Å²) in [6, 6.07) is 3.74. The van der Waals surface area contributed by atoms with Crippen LogP contribution in [0.2, 0.25) is 0 Å². The van der Waals surface area contributed by atoms with Crippen molar-refractivity contribution in [2.45, 2.75) is 33.7 Å². The van der Waals surface area contributed by atoms with Gasteiger partial charge in [0.05, 0.1) is 14.2 Å². The van der Waals surface area contributed by atoms with Gasteiger partial charge in [0.2, 0.25) is 5.75 Å². The molecule has 0 bridgehead atoms. The lowest BCUT2D eigenvalue weighted by Gasteiger charge is -2.24. The van der Waals surface area contributed by atoms with Gasteiger partial charge in [-0.15, -0.1) is 0 Å². The number of hydrogen-bond acceptors (Lipinski definition) is 4. The first-order valence-corrected chi connectivity index (χ1v) is 7.21. The summed E-state index contributed by atoms with van der Waals surface area (Å²) in [4.78, 5) is 2.39. The minimum atomic E-state index is 0.0590. The lowest BCUT2D eigenvalue weighted by molar-refractivity contribution is 0.237. The average molecular weight is 281 g/mol. The third-order valence-corrected chi connectivity index (χ3v) is 3.66. The van der Waals surface area contributed by atoms with Gasteiger partial charge in [0.1, 0.15) is 0 Å². The molecular formula is C16H27NO3. The first kappa shape index (κ1) is 16.6. The molecule has 1 unspecified atom stereocenters. The topological polar surface area (TPSA) is 41.9 Å². The first-order valence-electron chi connectivity index (χ1n) is 7.21. The van der Waals surface area contributed by atoms with Gasteiger partial charge < -0.3 is 14.6 Å². The molecule has 0 fully saturated rings. The van der Waals surface area contributed by atoms with E-state index in [9.17, 15) is 5.11 Å². The maximum absolute atomic E-state index is 9.92. The van der Waals surface area contributed by atoms with Gasteiger partial charge in [0.25, 0.3) is 0 Å². The second kappa shape index (κ2) is 8.00. The number of ether oxygens (including phenoxy) is 2. The van der Waals surface area contributed by atoms with Crippen molar-refractivity contribution in [1.82, 2.24) is 4.90 Å². The predicted molar refractivity (Wildman–Crippen MR) is 81.6 cm³/mol. The van der Waals surface area contributed by atoms with Crippen LogP contribution in [0.5, 0.6) is 17.2 Å². The molecule has 0 aliphatic carbocycles. The number of benzene rings is 1. The Morgan fingerprint density at radius 2 is 1.70 bits per heavy atom. The SMILES string of the molecule is CCC(C)CN(CC)Cc1cc(OC)c(O)c(OC)c1. The summed E-state index contributed by atoms with van der Waals surface area (Å²) in [5.41, 5.74) is 1.08. The van der Waals surface area contributed by atoms with Crippen LogP contribution in [0.15, 0.2) is 12.1 Å². The highest BCUT2D eigenvalue weighted by Crippen LogP contribution is 2.37. The van der Waals surface area contributed by atoms with E-state index in [0.717, 1.165) is 25.2 Å². The Kier molecular flexibility index (Phi) is 6.65. The summed E-state index contributed by atoms with van der Waals surface area (Å²) in [5, 5.41) is 9.92. The summed E-state index contributed by atoms with van der Waals surface area (Å²) >= 11 is 0. The molecule has 0 saturated carbocycles. The maximum Gasteiger partial charge on any atom is 0.200 e. The molecule has 20 heavy (non-hydrogen) atoms. The highest BCUT2D eigenvalue weighted by molar-refractivity contribution is 5.52. The van der Waals surface area contributed by atoms with E-state index < -0.39 is 0 Å². The van der Waals surface area contributed by atoms with Crippen molar-refractivity contribution in [2.75, 3.05) is 27.3 Å². The Morgan fingerprint density at radius 1 is 1.15 bits per heavy atom. The standard InChI is InChI=1S/C16H27NO3/c1-6-12(3)10-17(7-2)11-13-8-14(19-4)16(18)15(9-13)20-5/h8-9,12,18H,6-7,10-11H2,1-5H3. The molecule has 0 heterocycles. The number of nitrogens with zero attached hydrogens (tertiary/aromatic N) is 1. The summed E-state index contributed by atoms with van der Waals surface area (Å²) in [5.74, 6) is 1.65. The van der Waals surface area contributed by atoms with Crippen molar-refractivity contribution in [3.05, 3.63) is 17.7 Å². The maximum atomic E-state index is 9.92. The van der Waals surface area contributed by atoms with Crippen LogP contribution >= 0.6 is 0 Å². The van der Waals surface area contributed by atoms with Crippen molar-refractivity contribution in [3.63, 3.8) is 0 Å². The van der Waals surface area contributed by atoms with Crippen molar-refractivity contribution in [3.8, 4) is 17.2 Å². The second-order valence-corrected chi connectivity index (χ2v) is 5.19. The quantitative estimate of drug-likeness (QED) is 0.794. The first-order chi connectivity index (χ1) is 9.55. The van der Waals surface area contributed by atoms with Crippen molar-refractivity contribution in [2.24, 2.45) is 5.92 Å². The minimum absolute atomic E-state index is 0.0590. The van der Waals surface area contributed by atoms with Crippen LogP contribution < -0.4 is 9.47 Å². The normalized spacial score (nSPS) is 12.5. The molecule has 4 heteroatoms. The van der Waals surface area contributed by atoms with Gasteiger partial charge >= 0.3 is 0 Å². The Bertz CT molecular complexity index is 395. The fourth-order valence-electron chi connectivity index (χ4n) is 2.17. The van der Waals surface area contributed by atoms with Crippen LogP contribution in [0.3, 0.4) is 0 Å². The number of hydrogen-bond donors (Lipinski definition) is 1. The van der Waals surface area contributed by atoms with Crippen LogP contribution in [0.1, 0.15) is 32.8 Å². The van der Waals surface area contributed by atoms with Crippen LogP contribution in [-0.4, -0.2) is 37.3 Å². The van der Waals surface area contributed by atoms with E-state index >= 15 is 0 Å². The van der Waals surface area contributed by atoms with Gasteiger partial charge in [0.15, 0.2) is 11.5 Å². The Hall–Kier alpha value is -1.42. The molecular weight excluding hydrogens is 254 g/mol. The van der Waals surface area contributed by atoms with E-state index in [-0.39, 0.29) is 5.75 Å². The van der Waals surface area contributed by atoms with Crippen molar-refractivity contribution in [1.29, 1.82) is 0 Å². The monoisotopic (exact) mass is 281 g/mol. The van der Waals surface area contributed by atoms with E-state index in [1.165, 1.54) is 6.42 Å². The fourth-order valence-corrected chi connectivity index (χ4v) is 2.17. The molecule has 1 rings (SSSR count). The Balaban J connectivity index is 2.89. The van der Waals surface area contributed by atoms with Crippen molar-refractivity contribution < 1.29 is 14.6 Å². The molecule has 1 N–H and O–H groups in total. The molecule has 1 aromatic carbocycles. The summed E-state index contributed by atoms with van der Waals surface area (Å²) in [6.07, 6.45) is 1.18. The average Bonchev–Trinajstić information content (AvgIpc) is 2.47. The molecule has 0 aliphatic rings. The zero-order chi connectivity index (χ0) is 15.1. The molecule has 1 atom stereocenters. The van der Waals surface area contributed by atoms with Gasteiger partial charge in [-0.05, 0) is 30.2 Å². The van der Waals surface area contributed by atoms with E-state index in [4.69, 9.17) is 9.47 Å². The highest BCUT2D eigenvalue weighted by Gasteiger charge is 2.14. The van der Waals surface area contributed by atoms with E-state index in [0.29, 0.717) is 17.4 Å². The number of phenols is 1. The Morgan fingerprint density at radius 3 is 2.10 bits per heavy atom. The Labute approximate surface area is 122 Å². The largest absolute Gasteiger partial charge is 0.502 e. The third-order valence-electron chi connectivity index (χ3n) is 3.66. The van der Waals surface area contributed by atoms with Crippen LogP contribution in [-0.2, 0) is 6.54 Å². The molecule has 0 saturated heterocycles. The number of phenolic OH excluding ortho intramolecular Hbond substituents is 1.